The van der Waals surface area contributed by atoms with Crippen LogP contribution in [0.3, 0.4) is 0 Å². The van der Waals surface area contributed by atoms with Gasteiger partial charge in [-0.05, 0) is 12.8 Å². The molecule has 0 bridgehead atoms. The van der Waals surface area contributed by atoms with Crippen molar-refractivity contribution in [3.05, 3.63) is 12.4 Å². The molecule has 0 spiro atoms. The second kappa shape index (κ2) is 5.65. The minimum atomic E-state index is 0.383. The molecular formula is C11H18N4O. The molecule has 5 heteroatoms. The van der Waals surface area contributed by atoms with Crippen LogP contribution < -0.4 is 10.6 Å². The number of aromatic nitrogens is 2. The van der Waals surface area contributed by atoms with Crippen LogP contribution in [0.25, 0.3) is 0 Å². The minimum Gasteiger partial charge on any atom is -0.379 e. The molecule has 2 rings (SSSR count). The third-order valence-electron chi connectivity index (χ3n) is 2.50. The molecule has 0 radical (unpaired) electrons. The summed E-state index contributed by atoms with van der Waals surface area (Å²) < 4.78 is 5.30. The summed E-state index contributed by atoms with van der Waals surface area (Å²) in [6.45, 7) is 4.66. The Morgan fingerprint density at radius 1 is 1.44 bits per heavy atom. The molecule has 1 fully saturated rings. The summed E-state index contributed by atoms with van der Waals surface area (Å²) in [6.07, 6.45) is 3.71. The second-order valence-corrected chi connectivity index (χ2v) is 3.92. The lowest BCUT2D eigenvalue weighted by Crippen LogP contribution is -2.19. The molecule has 1 saturated heterocycles. The Bertz CT molecular complexity index is 326. The van der Waals surface area contributed by atoms with Gasteiger partial charge in [-0.2, -0.15) is 0 Å². The fourth-order valence-corrected chi connectivity index (χ4v) is 1.64. The Hall–Kier alpha value is -1.36. The van der Waals surface area contributed by atoms with Gasteiger partial charge < -0.3 is 15.4 Å². The Morgan fingerprint density at radius 3 is 3.06 bits per heavy atom. The van der Waals surface area contributed by atoms with Crippen LogP contribution in [0, 0.1) is 0 Å². The lowest BCUT2D eigenvalue weighted by molar-refractivity contribution is 0.195. The summed E-state index contributed by atoms with van der Waals surface area (Å²) in [4.78, 5) is 8.35. The van der Waals surface area contributed by atoms with Crippen molar-refractivity contribution >= 4 is 11.6 Å². The average Bonchev–Trinajstić information content (AvgIpc) is 2.80. The predicted octanol–water partition coefficient (Wildman–Crippen LogP) is 1.50. The Kier molecular flexibility index (Phi) is 3.93. The molecule has 0 aliphatic carbocycles. The molecule has 0 amide bonds. The summed E-state index contributed by atoms with van der Waals surface area (Å²) >= 11 is 0. The van der Waals surface area contributed by atoms with Crippen LogP contribution in [0.4, 0.5) is 11.6 Å². The lowest BCUT2D eigenvalue weighted by Gasteiger charge is -2.12. The van der Waals surface area contributed by atoms with Crippen molar-refractivity contribution < 1.29 is 4.74 Å². The zero-order valence-corrected chi connectivity index (χ0v) is 9.57. The molecular weight excluding hydrogens is 204 g/mol. The van der Waals surface area contributed by atoms with Gasteiger partial charge in [-0.15, -0.1) is 0 Å². The largest absolute Gasteiger partial charge is 0.379 e. The van der Waals surface area contributed by atoms with Gasteiger partial charge in [-0.1, -0.05) is 6.92 Å². The summed E-state index contributed by atoms with van der Waals surface area (Å²) in [6, 6.07) is 2.32. The zero-order valence-electron chi connectivity index (χ0n) is 9.57. The maximum Gasteiger partial charge on any atom is 0.131 e. The molecule has 1 aliphatic rings. The van der Waals surface area contributed by atoms with E-state index < -0.39 is 0 Å². The van der Waals surface area contributed by atoms with E-state index in [9.17, 15) is 0 Å². The van der Waals surface area contributed by atoms with Crippen molar-refractivity contribution in [3.8, 4) is 0 Å². The first-order valence-electron chi connectivity index (χ1n) is 5.78. The first-order valence-corrected chi connectivity index (χ1v) is 5.78. The van der Waals surface area contributed by atoms with Crippen molar-refractivity contribution in [2.24, 2.45) is 0 Å². The van der Waals surface area contributed by atoms with Gasteiger partial charge in [0, 0.05) is 19.2 Å². The summed E-state index contributed by atoms with van der Waals surface area (Å²) in [5, 5.41) is 6.58. The normalized spacial score (nSPS) is 19.7. The highest BCUT2D eigenvalue weighted by atomic mass is 16.5. The van der Waals surface area contributed by atoms with E-state index in [1.807, 2.05) is 6.07 Å². The standard InChI is InChI=1S/C11H18N4O/c1-2-4-12-10-6-11(14-8-13-10)15-9-3-5-16-7-9/h6,8-9H,2-5,7H2,1H3,(H2,12,13,14,15). The van der Waals surface area contributed by atoms with Crippen molar-refractivity contribution in [1.82, 2.24) is 9.97 Å². The van der Waals surface area contributed by atoms with E-state index in [0.29, 0.717) is 6.04 Å². The molecule has 2 heterocycles. The smallest absolute Gasteiger partial charge is 0.131 e. The molecule has 5 nitrogen and oxygen atoms in total. The van der Waals surface area contributed by atoms with E-state index >= 15 is 0 Å². The maximum absolute atomic E-state index is 5.30. The van der Waals surface area contributed by atoms with Crippen LogP contribution in [0.2, 0.25) is 0 Å². The average molecular weight is 222 g/mol. The van der Waals surface area contributed by atoms with Gasteiger partial charge in [-0.3, -0.25) is 0 Å². The number of ether oxygens (including phenoxy) is 1. The van der Waals surface area contributed by atoms with Crippen LogP contribution in [0.15, 0.2) is 12.4 Å². The van der Waals surface area contributed by atoms with E-state index in [0.717, 1.165) is 44.2 Å². The number of rotatable bonds is 5. The topological polar surface area (TPSA) is 59.1 Å². The molecule has 88 valence electrons. The molecule has 1 aliphatic heterocycles. The maximum atomic E-state index is 5.30. The van der Waals surface area contributed by atoms with Crippen LogP contribution in [-0.4, -0.2) is 35.8 Å². The fraction of sp³-hybridized carbons (Fsp3) is 0.636. The van der Waals surface area contributed by atoms with Crippen molar-refractivity contribution in [3.63, 3.8) is 0 Å². The van der Waals surface area contributed by atoms with Gasteiger partial charge in [0.2, 0.25) is 0 Å². The number of hydrogen-bond donors (Lipinski definition) is 2. The number of nitrogens with zero attached hydrogens (tertiary/aromatic N) is 2. The fourth-order valence-electron chi connectivity index (χ4n) is 1.64. The van der Waals surface area contributed by atoms with Crippen LogP contribution in [-0.2, 0) is 4.74 Å². The van der Waals surface area contributed by atoms with Crippen molar-refractivity contribution in [2.45, 2.75) is 25.8 Å². The number of hydrogen-bond acceptors (Lipinski definition) is 5. The lowest BCUT2D eigenvalue weighted by atomic mass is 10.2. The van der Waals surface area contributed by atoms with Gasteiger partial charge in [0.15, 0.2) is 0 Å². The van der Waals surface area contributed by atoms with E-state index in [2.05, 4.69) is 27.5 Å². The van der Waals surface area contributed by atoms with Crippen molar-refractivity contribution in [1.29, 1.82) is 0 Å². The van der Waals surface area contributed by atoms with Gasteiger partial charge in [-0.25, -0.2) is 9.97 Å². The zero-order chi connectivity index (χ0) is 11.2. The SMILES string of the molecule is CCCNc1cc(NC2CCOC2)ncn1. The van der Waals surface area contributed by atoms with E-state index in [1.54, 1.807) is 6.33 Å². The Labute approximate surface area is 95.6 Å². The third-order valence-corrected chi connectivity index (χ3v) is 2.50. The van der Waals surface area contributed by atoms with Crippen LogP contribution in [0.5, 0.6) is 0 Å². The molecule has 1 unspecified atom stereocenters. The highest BCUT2D eigenvalue weighted by Crippen LogP contribution is 2.13. The highest BCUT2D eigenvalue weighted by Gasteiger charge is 2.15. The molecule has 0 aromatic carbocycles. The van der Waals surface area contributed by atoms with Gasteiger partial charge >= 0.3 is 0 Å². The van der Waals surface area contributed by atoms with Gasteiger partial charge in [0.1, 0.15) is 18.0 Å². The van der Waals surface area contributed by atoms with E-state index in [1.165, 1.54) is 0 Å². The molecule has 2 N–H and O–H groups in total. The van der Waals surface area contributed by atoms with Gasteiger partial charge in [0.25, 0.3) is 0 Å². The molecule has 1 aromatic rings. The number of anilines is 2. The second-order valence-electron chi connectivity index (χ2n) is 3.92. The van der Waals surface area contributed by atoms with E-state index in [-0.39, 0.29) is 0 Å². The molecule has 0 saturated carbocycles. The first-order chi connectivity index (χ1) is 7.88. The molecule has 16 heavy (non-hydrogen) atoms. The molecule has 1 atom stereocenters. The summed E-state index contributed by atoms with van der Waals surface area (Å²) in [5.74, 6) is 1.74. The minimum absolute atomic E-state index is 0.383. The Morgan fingerprint density at radius 2 is 2.31 bits per heavy atom. The monoisotopic (exact) mass is 222 g/mol. The third kappa shape index (κ3) is 3.06. The van der Waals surface area contributed by atoms with Gasteiger partial charge in [0.05, 0.1) is 12.6 Å². The number of nitrogens with one attached hydrogen (secondary N) is 2. The molecule has 1 aromatic heterocycles. The Balaban J connectivity index is 1.92. The van der Waals surface area contributed by atoms with Crippen LogP contribution in [0.1, 0.15) is 19.8 Å². The first kappa shape index (κ1) is 11.1. The quantitative estimate of drug-likeness (QED) is 0.790. The summed E-state index contributed by atoms with van der Waals surface area (Å²) in [7, 11) is 0. The predicted molar refractivity (Wildman–Crippen MR) is 63.7 cm³/mol. The summed E-state index contributed by atoms with van der Waals surface area (Å²) in [5.41, 5.74) is 0. The van der Waals surface area contributed by atoms with Crippen LogP contribution >= 0.6 is 0 Å². The van der Waals surface area contributed by atoms with E-state index in [4.69, 9.17) is 4.74 Å². The van der Waals surface area contributed by atoms with Crippen molar-refractivity contribution in [2.75, 3.05) is 30.4 Å². The highest BCUT2D eigenvalue weighted by molar-refractivity contribution is 5.46.